The molecule has 0 saturated carbocycles. The Bertz CT molecular complexity index is 1530. The van der Waals surface area contributed by atoms with Gasteiger partial charge in [0.1, 0.15) is 28.2 Å². The Labute approximate surface area is 236 Å². The quantitative estimate of drug-likeness (QED) is 0.128. The van der Waals surface area contributed by atoms with Gasteiger partial charge in [0.15, 0.2) is 5.13 Å². The minimum absolute atomic E-state index is 0.00516. The van der Waals surface area contributed by atoms with E-state index < -0.39 is 23.7 Å². The molecule has 2 aliphatic rings. The number of anilines is 1. The molecule has 1 fully saturated rings. The number of benzene rings is 2. The van der Waals surface area contributed by atoms with Crippen molar-refractivity contribution in [2.45, 2.75) is 52.2 Å². The summed E-state index contributed by atoms with van der Waals surface area (Å²) in [4.78, 5) is 45.3. The van der Waals surface area contributed by atoms with Gasteiger partial charge in [0.25, 0.3) is 5.78 Å². The van der Waals surface area contributed by atoms with Gasteiger partial charge in [-0.2, -0.15) is 0 Å². The standard InChI is InChI=1S/C30H30N2O7S/c1-5-6-12-38-21-9-7-8-18(15-21)24-23(25(33)19-10-11-22-20(14-19)13-16(2)39-22)26(34)28(35)32(24)30-31-17(3)27(40-30)29(36)37-4/h7-11,14-16,24,33H,5-6,12-13H2,1-4H3. The van der Waals surface area contributed by atoms with E-state index in [0.717, 1.165) is 35.5 Å². The van der Waals surface area contributed by atoms with Gasteiger partial charge in [0.05, 0.1) is 31.0 Å². The monoisotopic (exact) mass is 562 g/mol. The molecule has 5 rings (SSSR count). The van der Waals surface area contributed by atoms with Gasteiger partial charge in [-0.25, -0.2) is 9.78 Å². The maximum atomic E-state index is 13.6. The van der Waals surface area contributed by atoms with Gasteiger partial charge in [0, 0.05) is 12.0 Å². The number of ether oxygens (including phenoxy) is 3. The predicted molar refractivity (Wildman–Crippen MR) is 150 cm³/mol. The van der Waals surface area contributed by atoms with Crippen LogP contribution in [0.4, 0.5) is 5.13 Å². The number of carbonyl (C=O) groups excluding carboxylic acids is 3. The van der Waals surface area contributed by atoms with E-state index in [1.165, 1.54) is 12.0 Å². The van der Waals surface area contributed by atoms with E-state index >= 15 is 0 Å². The summed E-state index contributed by atoms with van der Waals surface area (Å²) in [6.07, 6.45) is 2.51. The number of unbranched alkanes of at least 4 members (excludes halogenated alkanes) is 1. The van der Waals surface area contributed by atoms with Crippen molar-refractivity contribution in [3.8, 4) is 11.5 Å². The maximum absolute atomic E-state index is 13.6. The maximum Gasteiger partial charge on any atom is 0.350 e. The summed E-state index contributed by atoms with van der Waals surface area (Å²) in [6.45, 7) is 6.18. The molecule has 3 heterocycles. The van der Waals surface area contributed by atoms with Gasteiger partial charge < -0.3 is 19.3 Å². The van der Waals surface area contributed by atoms with Crippen molar-refractivity contribution in [3.63, 3.8) is 0 Å². The number of rotatable bonds is 8. The van der Waals surface area contributed by atoms with Crippen molar-refractivity contribution in [2.24, 2.45) is 0 Å². The summed E-state index contributed by atoms with van der Waals surface area (Å²) in [5.41, 5.74) is 2.17. The predicted octanol–water partition coefficient (Wildman–Crippen LogP) is 5.37. The van der Waals surface area contributed by atoms with Crippen molar-refractivity contribution in [1.82, 2.24) is 4.98 Å². The summed E-state index contributed by atoms with van der Waals surface area (Å²) in [5.74, 6) is -1.29. The molecule has 0 spiro atoms. The number of aryl methyl sites for hydroxylation is 1. The molecule has 0 aliphatic carbocycles. The third-order valence-corrected chi connectivity index (χ3v) is 8.05. The Morgan fingerprint density at radius 2 is 2.02 bits per heavy atom. The summed E-state index contributed by atoms with van der Waals surface area (Å²) >= 11 is 0.956. The molecule has 1 aromatic heterocycles. The third-order valence-electron chi connectivity index (χ3n) is 6.92. The summed E-state index contributed by atoms with van der Waals surface area (Å²) in [5, 5.41) is 11.7. The molecule has 2 unspecified atom stereocenters. The number of methoxy groups -OCH3 is 1. The molecule has 1 N–H and O–H groups in total. The van der Waals surface area contributed by atoms with Crippen LogP contribution in [-0.4, -0.2) is 47.6 Å². The van der Waals surface area contributed by atoms with E-state index in [0.29, 0.717) is 35.6 Å². The van der Waals surface area contributed by atoms with Crippen molar-refractivity contribution in [1.29, 1.82) is 0 Å². The number of aliphatic hydroxyl groups is 1. The minimum Gasteiger partial charge on any atom is -0.507 e. The average Bonchev–Trinajstić information content (AvgIpc) is 3.59. The zero-order chi connectivity index (χ0) is 28.6. The van der Waals surface area contributed by atoms with Crippen LogP contribution >= 0.6 is 11.3 Å². The van der Waals surface area contributed by atoms with Crippen molar-refractivity contribution < 1.29 is 33.7 Å². The number of Topliss-reactive ketones (excluding diaryl/α,β-unsaturated/α-hetero) is 1. The zero-order valence-electron chi connectivity index (χ0n) is 22.7. The normalized spacial score (nSPS) is 19.4. The molecular formula is C30H30N2O7S. The smallest absolute Gasteiger partial charge is 0.350 e. The van der Waals surface area contributed by atoms with E-state index in [2.05, 4.69) is 11.9 Å². The average molecular weight is 563 g/mol. The lowest BCUT2D eigenvalue weighted by molar-refractivity contribution is -0.132. The first kappa shape index (κ1) is 27.4. The van der Waals surface area contributed by atoms with E-state index in [1.54, 1.807) is 49.4 Å². The van der Waals surface area contributed by atoms with Gasteiger partial charge in [-0.3, -0.25) is 14.5 Å². The van der Waals surface area contributed by atoms with Crippen LogP contribution in [-0.2, 0) is 20.7 Å². The SMILES string of the molecule is CCCCOc1cccc(C2C(=C(O)c3ccc4c(c3)CC(C)O4)C(=O)C(=O)N2c2nc(C)c(C(=O)OC)s2)c1. The summed E-state index contributed by atoms with van der Waals surface area (Å²) in [7, 11) is 1.26. The van der Waals surface area contributed by atoms with Crippen LogP contribution in [0.25, 0.3) is 5.76 Å². The zero-order valence-corrected chi connectivity index (χ0v) is 23.5. The van der Waals surface area contributed by atoms with Gasteiger partial charge in [-0.15, -0.1) is 0 Å². The number of aliphatic hydroxyl groups excluding tert-OH is 1. The topological polar surface area (TPSA) is 115 Å². The highest BCUT2D eigenvalue weighted by Gasteiger charge is 2.48. The molecule has 1 amide bonds. The molecule has 3 aromatic rings. The number of aromatic nitrogens is 1. The number of nitrogens with zero attached hydrogens (tertiary/aromatic N) is 2. The lowest BCUT2D eigenvalue weighted by Gasteiger charge is -2.23. The fourth-order valence-corrected chi connectivity index (χ4v) is 5.96. The van der Waals surface area contributed by atoms with Gasteiger partial charge in [-0.05, 0) is 61.7 Å². The Morgan fingerprint density at radius 3 is 2.77 bits per heavy atom. The number of hydrogen-bond donors (Lipinski definition) is 1. The number of esters is 1. The number of hydrogen-bond acceptors (Lipinski definition) is 9. The second-order valence-electron chi connectivity index (χ2n) is 9.80. The first-order valence-corrected chi connectivity index (χ1v) is 13.9. The highest BCUT2D eigenvalue weighted by molar-refractivity contribution is 7.17. The summed E-state index contributed by atoms with van der Waals surface area (Å²) in [6, 6.07) is 11.3. The lowest BCUT2D eigenvalue weighted by Crippen LogP contribution is -2.29. The van der Waals surface area contributed by atoms with Crippen molar-refractivity contribution in [2.75, 3.05) is 18.6 Å². The lowest BCUT2D eigenvalue weighted by atomic mass is 9.94. The second kappa shape index (κ2) is 11.1. The molecule has 208 valence electrons. The van der Waals surface area contributed by atoms with E-state index in [1.807, 2.05) is 6.92 Å². The van der Waals surface area contributed by atoms with Crippen LogP contribution in [0.15, 0.2) is 48.0 Å². The van der Waals surface area contributed by atoms with Crippen LogP contribution in [0, 0.1) is 6.92 Å². The largest absolute Gasteiger partial charge is 0.507 e. The molecule has 2 aliphatic heterocycles. The van der Waals surface area contributed by atoms with E-state index in [4.69, 9.17) is 14.2 Å². The minimum atomic E-state index is -1.01. The molecular weight excluding hydrogens is 532 g/mol. The van der Waals surface area contributed by atoms with Crippen LogP contribution in [0.3, 0.4) is 0 Å². The molecule has 2 aromatic carbocycles. The number of carbonyl (C=O) groups is 3. The molecule has 2 atom stereocenters. The number of amides is 1. The van der Waals surface area contributed by atoms with Crippen LogP contribution in [0.5, 0.6) is 11.5 Å². The molecule has 40 heavy (non-hydrogen) atoms. The van der Waals surface area contributed by atoms with Crippen LogP contribution in [0.1, 0.15) is 64.8 Å². The molecule has 1 saturated heterocycles. The van der Waals surface area contributed by atoms with Gasteiger partial charge >= 0.3 is 11.9 Å². The molecule has 10 heteroatoms. The van der Waals surface area contributed by atoms with Gasteiger partial charge in [0.2, 0.25) is 0 Å². The number of thiazole rings is 1. The molecule has 0 radical (unpaired) electrons. The van der Waals surface area contributed by atoms with Crippen molar-refractivity contribution >= 4 is 39.9 Å². The Balaban J connectivity index is 1.65. The van der Waals surface area contributed by atoms with Gasteiger partial charge in [-0.1, -0.05) is 36.8 Å². The van der Waals surface area contributed by atoms with E-state index in [9.17, 15) is 19.5 Å². The summed E-state index contributed by atoms with van der Waals surface area (Å²) < 4.78 is 16.5. The Hall–Kier alpha value is -4.18. The Morgan fingerprint density at radius 1 is 1.23 bits per heavy atom. The first-order valence-electron chi connectivity index (χ1n) is 13.1. The first-order chi connectivity index (χ1) is 19.2. The fraction of sp³-hybridized carbons (Fsp3) is 0.333. The Kier molecular flexibility index (Phi) is 7.62. The van der Waals surface area contributed by atoms with Crippen molar-refractivity contribution in [3.05, 3.63) is 75.3 Å². The number of ketones is 1. The fourth-order valence-electron chi connectivity index (χ4n) is 4.95. The van der Waals surface area contributed by atoms with Crippen LogP contribution < -0.4 is 14.4 Å². The highest BCUT2D eigenvalue weighted by atomic mass is 32.1. The highest BCUT2D eigenvalue weighted by Crippen LogP contribution is 2.45. The second-order valence-corrected chi connectivity index (χ2v) is 10.8. The molecule has 0 bridgehead atoms. The third kappa shape index (κ3) is 4.95. The molecule has 9 nitrogen and oxygen atoms in total. The van der Waals surface area contributed by atoms with Crippen LogP contribution in [0.2, 0.25) is 0 Å². The van der Waals surface area contributed by atoms with E-state index in [-0.39, 0.29) is 27.4 Å². The number of fused-ring (bicyclic) bond motifs is 1.